The van der Waals surface area contributed by atoms with Gasteiger partial charge in [-0.05, 0) is 34.9 Å². The number of aromatic nitrogens is 2. The summed E-state index contributed by atoms with van der Waals surface area (Å²) in [7, 11) is 0. The van der Waals surface area contributed by atoms with E-state index in [0.717, 1.165) is 27.9 Å². The molecule has 2 N–H and O–H groups in total. The molecule has 0 unspecified atom stereocenters. The fourth-order valence-corrected chi connectivity index (χ4v) is 1.71. The Hall–Kier alpha value is -0.390. The van der Waals surface area contributed by atoms with Crippen molar-refractivity contribution in [1.82, 2.24) is 9.97 Å². The van der Waals surface area contributed by atoms with Crippen LogP contribution in [-0.2, 0) is 12.8 Å². The van der Waals surface area contributed by atoms with Crippen LogP contribution in [0.1, 0.15) is 32.3 Å². The fraction of sp³-hybridized carbons (Fsp3) is 0.600. The molecule has 1 aromatic heterocycles. The minimum Gasteiger partial charge on any atom is -0.383 e. The van der Waals surface area contributed by atoms with Gasteiger partial charge in [0.25, 0.3) is 0 Å². The molecular formula is C10H16IN3. The maximum atomic E-state index is 5.81. The van der Waals surface area contributed by atoms with Crippen molar-refractivity contribution in [2.75, 3.05) is 5.73 Å². The molecular weight excluding hydrogens is 289 g/mol. The number of nitrogens with two attached hydrogens (primary N) is 1. The van der Waals surface area contributed by atoms with E-state index in [1.54, 1.807) is 0 Å². The normalized spacial score (nSPS) is 10.9. The van der Waals surface area contributed by atoms with E-state index in [1.807, 2.05) is 6.92 Å². The second-order valence-corrected chi connectivity index (χ2v) is 4.82. The zero-order valence-corrected chi connectivity index (χ0v) is 11.0. The van der Waals surface area contributed by atoms with Gasteiger partial charge in [-0.1, -0.05) is 20.8 Å². The van der Waals surface area contributed by atoms with Gasteiger partial charge in [0.05, 0.1) is 9.26 Å². The van der Waals surface area contributed by atoms with E-state index in [2.05, 4.69) is 46.4 Å². The molecule has 3 nitrogen and oxygen atoms in total. The number of hydrogen-bond donors (Lipinski definition) is 1. The molecule has 1 heterocycles. The number of halogens is 1. The van der Waals surface area contributed by atoms with Crippen molar-refractivity contribution in [3.05, 3.63) is 15.1 Å². The Labute approximate surface area is 98.7 Å². The maximum Gasteiger partial charge on any atom is 0.140 e. The van der Waals surface area contributed by atoms with Crippen LogP contribution < -0.4 is 5.73 Å². The van der Waals surface area contributed by atoms with Gasteiger partial charge in [-0.2, -0.15) is 0 Å². The monoisotopic (exact) mass is 305 g/mol. The molecule has 78 valence electrons. The van der Waals surface area contributed by atoms with Crippen LogP contribution in [0.15, 0.2) is 0 Å². The Morgan fingerprint density at radius 3 is 2.50 bits per heavy atom. The first-order valence-corrected chi connectivity index (χ1v) is 5.93. The lowest BCUT2D eigenvalue weighted by atomic mass is 10.1. The summed E-state index contributed by atoms with van der Waals surface area (Å²) in [5, 5.41) is 0. The molecule has 0 spiro atoms. The molecule has 1 rings (SSSR count). The van der Waals surface area contributed by atoms with Crippen LogP contribution in [0.25, 0.3) is 0 Å². The van der Waals surface area contributed by atoms with E-state index in [4.69, 9.17) is 5.73 Å². The van der Waals surface area contributed by atoms with E-state index in [0.29, 0.717) is 11.7 Å². The molecule has 0 bridgehead atoms. The van der Waals surface area contributed by atoms with Crippen LogP contribution in [0.5, 0.6) is 0 Å². The van der Waals surface area contributed by atoms with E-state index in [9.17, 15) is 0 Å². The van der Waals surface area contributed by atoms with Gasteiger partial charge in [-0.3, -0.25) is 0 Å². The van der Waals surface area contributed by atoms with Gasteiger partial charge in [0.15, 0.2) is 0 Å². The van der Waals surface area contributed by atoms with Gasteiger partial charge in [0, 0.05) is 6.42 Å². The standard InChI is InChI=1S/C10H16IN3/c1-4-8-13-7(5-6(2)3)9(11)10(12)14-8/h6H,4-5H2,1-3H3,(H2,12,13,14). The molecule has 0 saturated heterocycles. The predicted molar refractivity (Wildman–Crippen MR) is 67.1 cm³/mol. The summed E-state index contributed by atoms with van der Waals surface area (Å²) >= 11 is 2.22. The van der Waals surface area contributed by atoms with E-state index < -0.39 is 0 Å². The molecule has 0 aromatic carbocycles. The largest absolute Gasteiger partial charge is 0.383 e. The fourth-order valence-electron chi connectivity index (χ4n) is 1.25. The zero-order valence-electron chi connectivity index (χ0n) is 8.84. The zero-order chi connectivity index (χ0) is 10.7. The first kappa shape index (κ1) is 11.7. The second kappa shape index (κ2) is 4.91. The molecule has 4 heteroatoms. The average molecular weight is 305 g/mol. The molecule has 14 heavy (non-hydrogen) atoms. The van der Waals surface area contributed by atoms with Crippen molar-refractivity contribution < 1.29 is 0 Å². The van der Waals surface area contributed by atoms with Gasteiger partial charge in [-0.15, -0.1) is 0 Å². The molecule has 0 saturated carbocycles. The number of hydrogen-bond acceptors (Lipinski definition) is 3. The average Bonchev–Trinajstić information content (AvgIpc) is 2.11. The number of rotatable bonds is 3. The quantitative estimate of drug-likeness (QED) is 0.873. The van der Waals surface area contributed by atoms with Crippen LogP contribution >= 0.6 is 22.6 Å². The Balaban J connectivity index is 3.07. The number of nitrogens with zero attached hydrogens (tertiary/aromatic N) is 2. The predicted octanol–water partition coefficient (Wildman–Crippen LogP) is 2.42. The first-order valence-electron chi connectivity index (χ1n) is 4.85. The molecule has 0 fully saturated rings. The van der Waals surface area contributed by atoms with Crippen LogP contribution in [0.4, 0.5) is 5.82 Å². The third kappa shape index (κ3) is 2.80. The molecule has 0 aliphatic heterocycles. The molecule has 0 amide bonds. The van der Waals surface area contributed by atoms with Crippen molar-refractivity contribution in [2.45, 2.75) is 33.6 Å². The molecule has 0 aliphatic rings. The van der Waals surface area contributed by atoms with E-state index >= 15 is 0 Å². The van der Waals surface area contributed by atoms with Gasteiger partial charge < -0.3 is 5.73 Å². The lowest BCUT2D eigenvalue weighted by Gasteiger charge is -2.09. The van der Waals surface area contributed by atoms with Gasteiger partial charge in [0.1, 0.15) is 11.6 Å². The first-order chi connectivity index (χ1) is 6.54. The highest BCUT2D eigenvalue weighted by Crippen LogP contribution is 2.19. The topological polar surface area (TPSA) is 51.8 Å². The van der Waals surface area contributed by atoms with Crippen molar-refractivity contribution >= 4 is 28.4 Å². The summed E-state index contributed by atoms with van der Waals surface area (Å²) in [5.41, 5.74) is 6.90. The van der Waals surface area contributed by atoms with Crippen LogP contribution in [-0.4, -0.2) is 9.97 Å². The molecule has 0 atom stereocenters. The summed E-state index contributed by atoms with van der Waals surface area (Å²) in [4.78, 5) is 8.71. The van der Waals surface area contributed by atoms with E-state index in [1.165, 1.54) is 0 Å². The highest BCUT2D eigenvalue weighted by Gasteiger charge is 2.10. The highest BCUT2D eigenvalue weighted by atomic mass is 127. The number of anilines is 1. The van der Waals surface area contributed by atoms with Crippen molar-refractivity contribution in [3.8, 4) is 0 Å². The summed E-state index contributed by atoms with van der Waals surface area (Å²) in [6.45, 7) is 6.40. The minimum atomic E-state index is 0.600. The second-order valence-electron chi connectivity index (χ2n) is 3.74. The van der Waals surface area contributed by atoms with Crippen molar-refractivity contribution in [2.24, 2.45) is 5.92 Å². The lowest BCUT2D eigenvalue weighted by Crippen LogP contribution is -2.08. The molecule has 0 aliphatic carbocycles. The third-order valence-corrected chi connectivity index (χ3v) is 3.08. The number of aryl methyl sites for hydroxylation is 1. The van der Waals surface area contributed by atoms with Crippen molar-refractivity contribution in [3.63, 3.8) is 0 Å². The summed E-state index contributed by atoms with van der Waals surface area (Å²) < 4.78 is 1.01. The van der Waals surface area contributed by atoms with Crippen LogP contribution in [0, 0.1) is 9.49 Å². The Morgan fingerprint density at radius 1 is 1.36 bits per heavy atom. The summed E-state index contributed by atoms with van der Waals surface area (Å²) in [5.74, 6) is 2.06. The van der Waals surface area contributed by atoms with Crippen molar-refractivity contribution in [1.29, 1.82) is 0 Å². The molecule has 0 radical (unpaired) electrons. The van der Waals surface area contributed by atoms with Gasteiger partial charge in [-0.25, -0.2) is 9.97 Å². The maximum absolute atomic E-state index is 5.81. The van der Waals surface area contributed by atoms with Crippen LogP contribution in [0.3, 0.4) is 0 Å². The SMILES string of the molecule is CCc1nc(N)c(I)c(CC(C)C)n1. The summed E-state index contributed by atoms with van der Waals surface area (Å²) in [6.07, 6.45) is 1.81. The van der Waals surface area contributed by atoms with Gasteiger partial charge >= 0.3 is 0 Å². The highest BCUT2D eigenvalue weighted by molar-refractivity contribution is 14.1. The smallest absolute Gasteiger partial charge is 0.140 e. The third-order valence-electron chi connectivity index (χ3n) is 1.91. The Kier molecular flexibility index (Phi) is 4.10. The summed E-state index contributed by atoms with van der Waals surface area (Å²) in [6, 6.07) is 0. The Bertz CT molecular complexity index is 323. The van der Waals surface area contributed by atoms with Crippen LogP contribution in [0.2, 0.25) is 0 Å². The van der Waals surface area contributed by atoms with E-state index in [-0.39, 0.29) is 0 Å². The Morgan fingerprint density at radius 2 is 2.00 bits per heavy atom. The lowest BCUT2D eigenvalue weighted by molar-refractivity contribution is 0.628. The number of nitrogen functional groups attached to an aromatic ring is 1. The minimum absolute atomic E-state index is 0.600. The van der Waals surface area contributed by atoms with Gasteiger partial charge in [0.2, 0.25) is 0 Å². The molecule has 1 aromatic rings.